The van der Waals surface area contributed by atoms with Gasteiger partial charge in [-0.2, -0.15) is 5.26 Å². The van der Waals surface area contributed by atoms with Crippen LogP contribution in [0.25, 0.3) is 5.69 Å². The van der Waals surface area contributed by atoms with Crippen molar-refractivity contribution in [1.82, 2.24) is 4.57 Å². The van der Waals surface area contributed by atoms with Crippen molar-refractivity contribution in [3.05, 3.63) is 47.8 Å². The predicted molar refractivity (Wildman–Crippen MR) is 54.8 cm³/mol. The first-order valence-corrected chi connectivity index (χ1v) is 4.45. The zero-order valence-corrected chi connectivity index (χ0v) is 8.11. The smallest absolute Gasteiger partial charge is 0.152 e. The van der Waals surface area contributed by atoms with Gasteiger partial charge in [-0.1, -0.05) is 0 Å². The molecule has 1 aromatic heterocycles. The highest BCUT2D eigenvalue weighted by Gasteiger charge is 2.12. The van der Waals surface area contributed by atoms with Crippen molar-refractivity contribution >= 4 is 5.69 Å². The minimum Gasteiger partial charge on any atom is -0.399 e. The van der Waals surface area contributed by atoms with Crippen LogP contribution in [0.1, 0.15) is 5.56 Å². The Bertz CT molecular complexity index is 558. The van der Waals surface area contributed by atoms with Crippen LogP contribution in [-0.2, 0) is 0 Å². The van der Waals surface area contributed by atoms with Crippen LogP contribution in [0.3, 0.4) is 0 Å². The normalized spacial score (nSPS) is 10.1. The molecule has 16 heavy (non-hydrogen) atoms. The summed E-state index contributed by atoms with van der Waals surface area (Å²) in [5, 5.41) is 8.61. The van der Waals surface area contributed by atoms with Gasteiger partial charge in [0.15, 0.2) is 11.6 Å². The van der Waals surface area contributed by atoms with Crippen LogP contribution in [0.2, 0.25) is 0 Å². The van der Waals surface area contributed by atoms with Gasteiger partial charge in [-0.05, 0) is 18.2 Å². The van der Waals surface area contributed by atoms with Gasteiger partial charge in [0.25, 0.3) is 0 Å². The molecule has 1 aromatic carbocycles. The molecule has 0 unspecified atom stereocenters. The number of nitrogens with two attached hydrogens (primary N) is 1. The summed E-state index contributed by atoms with van der Waals surface area (Å²) < 4.78 is 28.2. The molecule has 5 heteroatoms. The zero-order chi connectivity index (χ0) is 11.7. The number of benzene rings is 1. The van der Waals surface area contributed by atoms with Crippen molar-refractivity contribution in [3.8, 4) is 11.8 Å². The van der Waals surface area contributed by atoms with Gasteiger partial charge in [0.05, 0.1) is 5.56 Å². The SMILES string of the molecule is N#Cc1ccn(-c2c(F)cc(N)cc2F)c1. The van der Waals surface area contributed by atoms with E-state index in [9.17, 15) is 8.78 Å². The van der Waals surface area contributed by atoms with Crippen LogP contribution >= 0.6 is 0 Å². The number of nitriles is 1. The Morgan fingerprint density at radius 1 is 1.25 bits per heavy atom. The molecule has 0 saturated carbocycles. The van der Waals surface area contributed by atoms with Crippen LogP contribution in [0.4, 0.5) is 14.5 Å². The predicted octanol–water partition coefficient (Wildman–Crippen LogP) is 2.21. The summed E-state index contributed by atoms with van der Waals surface area (Å²) in [5.41, 5.74) is 5.41. The van der Waals surface area contributed by atoms with E-state index in [1.54, 1.807) is 0 Å². The Kier molecular flexibility index (Phi) is 2.33. The second kappa shape index (κ2) is 3.66. The van der Waals surface area contributed by atoms with Crippen molar-refractivity contribution in [2.24, 2.45) is 0 Å². The summed E-state index contributed by atoms with van der Waals surface area (Å²) >= 11 is 0. The topological polar surface area (TPSA) is 54.7 Å². The molecule has 0 saturated heterocycles. The van der Waals surface area contributed by atoms with Gasteiger partial charge in [-0.3, -0.25) is 0 Å². The molecular formula is C11H7F2N3. The first-order valence-electron chi connectivity index (χ1n) is 4.45. The second-order valence-electron chi connectivity index (χ2n) is 3.25. The highest BCUT2D eigenvalue weighted by molar-refractivity contribution is 5.48. The summed E-state index contributed by atoms with van der Waals surface area (Å²) in [5.74, 6) is -1.53. The third-order valence-corrected chi connectivity index (χ3v) is 2.12. The Balaban J connectivity index is 2.60. The largest absolute Gasteiger partial charge is 0.399 e. The Hall–Kier alpha value is -2.35. The average molecular weight is 219 g/mol. The lowest BCUT2D eigenvalue weighted by molar-refractivity contribution is 0.570. The molecule has 2 rings (SSSR count). The van der Waals surface area contributed by atoms with Crippen molar-refractivity contribution in [2.45, 2.75) is 0 Å². The van der Waals surface area contributed by atoms with Crippen LogP contribution in [0, 0.1) is 23.0 Å². The van der Waals surface area contributed by atoms with E-state index in [2.05, 4.69) is 0 Å². The van der Waals surface area contributed by atoms with Gasteiger partial charge in [-0.15, -0.1) is 0 Å². The van der Waals surface area contributed by atoms with Gasteiger partial charge in [0.2, 0.25) is 0 Å². The zero-order valence-electron chi connectivity index (χ0n) is 8.11. The molecule has 0 aliphatic carbocycles. The molecule has 0 atom stereocenters. The Morgan fingerprint density at radius 3 is 2.38 bits per heavy atom. The van der Waals surface area contributed by atoms with Crippen LogP contribution in [0.15, 0.2) is 30.6 Å². The number of hydrogen-bond acceptors (Lipinski definition) is 2. The fourth-order valence-corrected chi connectivity index (χ4v) is 1.43. The number of aromatic nitrogens is 1. The minimum absolute atomic E-state index is 0.0198. The summed E-state index contributed by atoms with van der Waals surface area (Å²) in [7, 11) is 0. The Morgan fingerprint density at radius 2 is 1.88 bits per heavy atom. The van der Waals surface area contributed by atoms with E-state index in [1.165, 1.54) is 23.0 Å². The van der Waals surface area contributed by atoms with Crippen molar-refractivity contribution in [3.63, 3.8) is 0 Å². The van der Waals surface area contributed by atoms with E-state index in [0.29, 0.717) is 5.56 Å². The molecule has 2 N–H and O–H groups in total. The molecule has 0 aliphatic heterocycles. The first kappa shape index (κ1) is 10.2. The highest BCUT2D eigenvalue weighted by atomic mass is 19.1. The molecule has 0 radical (unpaired) electrons. The lowest BCUT2D eigenvalue weighted by Crippen LogP contribution is -2.00. The molecule has 1 heterocycles. The van der Waals surface area contributed by atoms with Crippen LogP contribution < -0.4 is 5.73 Å². The van der Waals surface area contributed by atoms with Crippen LogP contribution in [-0.4, -0.2) is 4.57 Å². The number of nitrogens with zero attached hydrogens (tertiary/aromatic N) is 2. The molecule has 80 valence electrons. The van der Waals surface area contributed by atoms with E-state index in [0.717, 1.165) is 12.1 Å². The average Bonchev–Trinajstić information content (AvgIpc) is 2.64. The van der Waals surface area contributed by atoms with E-state index < -0.39 is 11.6 Å². The van der Waals surface area contributed by atoms with E-state index in [-0.39, 0.29) is 11.4 Å². The van der Waals surface area contributed by atoms with Gasteiger partial charge < -0.3 is 10.3 Å². The van der Waals surface area contributed by atoms with Gasteiger partial charge in [-0.25, -0.2) is 8.78 Å². The molecule has 0 aliphatic rings. The number of anilines is 1. The summed E-state index contributed by atoms with van der Waals surface area (Å²) in [4.78, 5) is 0. The molecule has 0 fully saturated rings. The third kappa shape index (κ3) is 1.61. The summed E-state index contributed by atoms with van der Waals surface area (Å²) in [6.45, 7) is 0. The number of halogens is 2. The summed E-state index contributed by atoms with van der Waals surface area (Å²) in [6, 6.07) is 5.41. The van der Waals surface area contributed by atoms with Gasteiger partial charge in [0, 0.05) is 18.1 Å². The summed E-state index contributed by atoms with van der Waals surface area (Å²) in [6.07, 6.45) is 2.76. The Labute approximate surface area is 90.3 Å². The number of nitrogen functional groups attached to an aromatic ring is 1. The number of rotatable bonds is 1. The maximum atomic E-state index is 13.5. The molecule has 2 aromatic rings. The number of hydrogen-bond donors (Lipinski definition) is 1. The molecule has 3 nitrogen and oxygen atoms in total. The quantitative estimate of drug-likeness (QED) is 0.747. The molecule has 0 amide bonds. The van der Waals surface area contributed by atoms with E-state index in [1.807, 2.05) is 6.07 Å². The molecule has 0 spiro atoms. The van der Waals surface area contributed by atoms with Crippen molar-refractivity contribution in [2.75, 3.05) is 5.73 Å². The fourth-order valence-electron chi connectivity index (χ4n) is 1.43. The lowest BCUT2D eigenvalue weighted by atomic mass is 10.2. The fraction of sp³-hybridized carbons (Fsp3) is 0. The monoisotopic (exact) mass is 219 g/mol. The lowest BCUT2D eigenvalue weighted by Gasteiger charge is -2.06. The molecule has 0 bridgehead atoms. The maximum Gasteiger partial charge on any atom is 0.152 e. The molecular weight excluding hydrogens is 212 g/mol. The van der Waals surface area contributed by atoms with Gasteiger partial charge in [0.1, 0.15) is 11.8 Å². The minimum atomic E-state index is -0.766. The maximum absolute atomic E-state index is 13.5. The standard InChI is InChI=1S/C11H7F2N3/c12-9-3-8(15)4-10(13)11(9)16-2-1-7(5-14)6-16/h1-4,6H,15H2. The second-order valence-corrected chi connectivity index (χ2v) is 3.25. The first-order chi connectivity index (χ1) is 7.61. The van der Waals surface area contributed by atoms with Gasteiger partial charge >= 0.3 is 0 Å². The van der Waals surface area contributed by atoms with Crippen molar-refractivity contribution in [1.29, 1.82) is 5.26 Å². The van der Waals surface area contributed by atoms with Crippen molar-refractivity contribution < 1.29 is 8.78 Å². The van der Waals surface area contributed by atoms with E-state index >= 15 is 0 Å². The highest BCUT2D eigenvalue weighted by Crippen LogP contribution is 2.21. The van der Waals surface area contributed by atoms with E-state index in [4.69, 9.17) is 11.0 Å². The van der Waals surface area contributed by atoms with Crippen LogP contribution in [0.5, 0.6) is 0 Å². The third-order valence-electron chi connectivity index (χ3n) is 2.12.